The normalized spacial score (nSPS) is 41.2. The maximum absolute atomic E-state index is 13.9. The Morgan fingerprint density at radius 1 is 0.521 bits per heavy atom. The van der Waals surface area contributed by atoms with E-state index in [9.17, 15) is 146 Å². The quantitative estimate of drug-likeness (QED) is 0.0171. The summed E-state index contributed by atoms with van der Waals surface area (Å²) in [7, 11) is 0. The summed E-state index contributed by atoms with van der Waals surface area (Å²) < 4.78 is 106. The highest BCUT2D eigenvalue weighted by atomic mass is 32.2. The number of carboxylic acids is 2. The van der Waals surface area contributed by atoms with E-state index in [-0.39, 0.29) is 123 Å². The Kier molecular flexibility index (Phi) is 48.3. The number of ketones is 3. The van der Waals surface area contributed by atoms with Gasteiger partial charge in [0.25, 0.3) is 0 Å². The fraction of sp³-hybridized carbons (Fsp3) is 0.871. The van der Waals surface area contributed by atoms with Gasteiger partial charge < -0.3 is 209 Å². The van der Waals surface area contributed by atoms with Gasteiger partial charge in [-0.15, -0.1) is 11.3 Å². The van der Waals surface area contributed by atoms with Gasteiger partial charge in [0.2, 0.25) is 5.91 Å². The highest BCUT2D eigenvalue weighted by Gasteiger charge is 2.62. The number of rotatable bonds is 35. The van der Waals surface area contributed by atoms with Crippen molar-refractivity contribution >= 4 is 82.1 Å². The van der Waals surface area contributed by atoms with Crippen molar-refractivity contribution in [3.8, 4) is 0 Å². The van der Waals surface area contributed by atoms with Crippen LogP contribution in [0.4, 0.5) is 0 Å². The Balaban J connectivity index is 0.000000422. The van der Waals surface area contributed by atoms with Gasteiger partial charge >= 0.3 is 17.9 Å². The third-order valence-electron chi connectivity index (χ3n) is 28.2. The molecule has 50 nitrogen and oxygen atoms in total. The molecule has 23 saturated heterocycles. The monoisotopic (exact) mass is 2160 g/mol. The van der Waals surface area contributed by atoms with Crippen molar-refractivity contribution in [2.75, 3.05) is 89.0 Å². The van der Waals surface area contributed by atoms with Crippen LogP contribution in [0.1, 0.15) is 150 Å². The van der Waals surface area contributed by atoms with Gasteiger partial charge in [0.15, 0.2) is 44.0 Å². The minimum Gasteiger partial charge on any atom is -0.481 e. The number of thioether (sulfide) groups is 2. The van der Waals surface area contributed by atoms with Crippen LogP contribution in [-0.4, -0.2) is 492 Å². The predicted molar refractivity (Wildman–Crippen MR) is 502 cm³/mol. The first-order valence-electron chi connectivity index (χ1n) is 49.4. The smallest absolute Gasteiger partial charge is 0.307 e. The number of nitrogens with one attached hydrogen (secondary N) is 1. The Hall–Kier alpha value is -4.56. The number of amides is 1. The molecule has 0 aromatic carbocycles. The number of carboxylic acid groups (broad SMARTS) is 2. The van der Waals surface area contributed by atoms with Crippen LogP contribution in [0.25, 0.3) is 6.08 Å². The number of carbonyl (C=O) groups excluding carboxylic acids is 5. The Bertz CT molecular complexity index is 4250. The van der Waals surface area contributed by atoms with Crippen LogP contribution >= 0.6 is 34.9 Å². The lowest BCUT2D eigenvalue weighted by Gasteiger charge is -2.50. The molecule has 1 aromatic rings. The number of aromatic nitrogens is 1. The van der Waals surface area contributed by atoms with E-state index in [1.54, 1.807) is 39.0 Å². The van der Waals surface area contributed by atoms with Crippen LogP contribution in [0.2, 0.25) is 0 Å². The van der Waals surface area contributed by atoms with Gasteiger partial charge in [0, 0.05) is 60.5 Å². The first-order valence-corrected chi connectivity index (χ1v) is 52.6. The fourth-order valence-electron chi connectivity index (χ4n) is 18.9. The number of aliphatic hydroxyl groups is 20. The van der Waals surface area contributed by atoms with E-state index in [4.69, 9.17) is 91.0 Å². The molecule has 53 heteroatoms. The zero-order valence-electron chi connectivity index (χ0n) is 82.9. The first kappa shape index (κ1) is 123. The topological polar surface area (TPSA) is 785 Å². The van der Waals surface area contributed by atoms with E-state index in [1.807, 2.05) is 32.2 Å². The molecular weight excluding hydrogens is 2010 g/mol. The number of carbonyl (C=O) groups is 7. The number of unbranched alkanes of at least 4 members (excludes halogenated alkanes) is 2. The summed E-state index contributed by atoms with van der Waals surface area (Å²) in [5.74, 6) is -8.35. The maximum atomic E-state index is 13.9. The van der Waals surface area contributed by atoms with Crippen LogP contribution < -0.4 is 11.1 Å². The second kappa shape index (κ2) is 57.2. The molecule has 0 spiro atoms. The van der Waals surface area contributed by atoms with Crippen molar-refractivity contribution in [2.45, 2.75) is 391 Å². The van der Waals surface area contributed by atoms with E-state index in [0.717, 1.165) is 71.9 Å². The number of Topliss-reactive ketones (excluding diaryl/α,β-unsaturated/α-hetero) is 3. The number of aliphatic carboxylic acids is 2. The first-order chi connectivity index (χ1) is 69.2. The minimum absolute atomic E-state index is 0.0226. The van der Waals surface area contributed by atoms with Gasteiger partial charge in [0.05, 0.1) is 136 Å². The third-order valence-corrected chi connectivity index (χ3v) is 31.4. The number of hydrogen-bond acceptors (Lipinski definition) is 50. The molecule has 1 aromatic heterocycles. The van der Waals surface area contributed by atoms with Crippen LogP contribution in [0.3, 0.4) is 0 Å². The van der Waals surface area contributed by atoms with E-state index in [1.165, 1.54) is 6.92 Å². The van der Waals surface area contributed by atoms with Crippen molar-refractivity contribution < 1.29 is 231 Å². The van der Waals surface area contributed by atoms with Crippen LogP contribution in [0, 0.1) is 36.0 Å². The number of aliphatic hydroxyl groups excluding tert-OH is 20. The van der Waals surface area contributed by atoms with Crippen molar-refractivity contribution in [1.29, 1.82) is 0 Å². The SMILES string of the molecule is C/C(=C\c1csc(C)n1)[C@@H]1C[C@@H]2O[C@]2(C)CCC[C@H](C)[C@H](OC(=O)CCCCCN)[C@@H](C)C(=O)C(C)(C)[C@@H](O)CC(=O)N1.CCC(CSCC1O[C@@H]2O[C@@H]3C(CO)O[C@H](O[C@@H]4C(CO)O[C@H](O[C@@H]5C(CO)O[C@H](O[C@@H]6C(CSCC(CC(=O)CCOCCOCCC(C)=O)C(=O)O)O[C@H](O[C@@H]7C(CO)O[C@H](O[C@@H]8C(CO)O[C@H](O[C@H]1[C@H](O)C2O)C(O)[C@H]8O)C(O)[C@H]7O)C(O)[C@H]6O)C(O)[C@H]5O)C(O)[C@H]4O)C(O)[C@H]3O)C(=O)O. The molecule has 16 unspecified atom stereocenters. The molecule has 24 heterocycles. The molecule has 44 atom stereocenters. The summed E-state index contributed by atoms with van der Waals surface area (Å²) in [5, 5.41) is 254. The predicted octanol–water partition coefficient (Wildman–Crippen LogP) is -6.46. The molecule has 23 aliphatic heterocycles. The number of ether oxygens (including phenoxy) is 18. The zero-order chi connectivity index (χ0) is 107. The van der Waals surface area contributed by atoms with Crippen molar-refractivity contribution in [1.82, 2.24) is 10.3 Å². The Morgan fingerprint density at radius 3 is 1.25 bits per heavy atom. The summed E-state index contributed by atoms with van der Waals surface area (Å²) in [6.45, 7) is 11.5. The summed E-state index contributed by atoms with van der Waals surface area (Å²) in [6.07, 6.45) is -67.1. The molecule has 838 valence electrons. The Morgan fingerprint density at radius 2 is 0.897 bits per heavy atom. The third kappa shape index (κ3) is 31.9. The number of fused-ring (bicyclic) bond motifs is 1. The average molecular weight is 2160 g/mol. The molecule has 24 rings (SSSR count). The van der Waals surface area contributed by atoms with Crippen molar-refractivity contribution in [3.05, 3.63) is 21.7 Å². The second-order valence-corrected chi connectivity index (χ2v) is 42.7. The number of hydrogen-bond donors (Lipinski definition) is 24. The summed E-state index contributed by atoms with van der Waals surface area (Å²) in [6, 6.07) is -0.299. The molecule has 25 N–H and O–H groups in total. The van der Waals surface area contributed by atoms with E-state index in [0.29, 0.717) is 19.4 Å². The van der Waals surface area contributed by atoms with Crippen molar-refractivity contribution in [2.24, 2.45) is 34.8 Å². The largest absolute Gasteiger partial charge is 0.481 e. The molecular formula is C93H151N3O47S3. The maximum Gasteiger partial charge on any atom is 0.307 e. The van der Waals surface area contributed by atoms with Crippen LogP contribution in [0.15, 0.2) is 11.0 Å². The lowest BCUT2D eigenvalue weighted by Crippen LogP contribution is -2.68. The minimum atomic E-state index is -2.31. The van der Waals surface area contributed by atoms with E-state index in [2.05, 4.69) is 17.2 Å². The van der Waals surface area contributed by atoms with Gasteiger partial charge in [-0.3, -0.25) is 33.6 Å². The van der Waals surface area contributed by atoms with Gasteiger partial charge in [-0.2, -0.15) is 23.5 Å². The van der Waals surface area contributed by atoms with Gasteiger partial charge in [-0.1, -0.05) is 47.5 Å². The van der Waals surface area contributed by atoms with Gasteiger partial charge in [-0.05, 0) is 83.9 Å². The number of nitrogens with two attached hydrogens (primary N) is 1. The molecule has 14 bridgehead atoms. The molecule has 23 fully saturated rings. The van der Waals surface area contributed by atoms with Crippen LogP contribution in [0.5, 0.6) is 0 Å². The fourth-order valence-corrected chi connectivity index (χ4v) is 22.0. The standard InChI is InChI=1S/C60H98O41S2.C33H53N3O6S/c1-3-21(52(82)83)16-102-18-29-50-36(73)43(80)59(93-29)98-48-27(14-64)89-55(39(76)32(48)69)95-45-24(11-61)88-54(38(75)31(45)68)96-46-26(13-63)92-58(42(79)35(46)72)101-51-30(19-103-17-22(53(84)85)10-23(67)5-7-87-9-8-86-6-4-20(2)66)94-60(44(81)37(51)74)99-49-28(15-65)90-56(40(77)33(49)70)97-47-25(12-62)91-57(100-50)41(78)34(47)71;1-20-12-11-14-33(7)27(42-33)17-25(21(2)16-24-19-43-23(4)35-24)36-28(38)18-26(37)32(5,6)31(40)22(3)30(20)41-29(39)13-9-8-10-15-34/h21-22,24-51,54-65,68-81H,3-19H2,1-2H3,(H,82,83)(H,84,85);16,19-20,22,25-27,30,37H,8-15,17-18,34H2,1-7H3,(H,36,38)/b;21-16+/t21?,22?,24?,25?,26?,27?,28?,29?,30?,31-,32-,33-,34-,35-,36-,37-,38?,39?,40?,41?,42?,43?,44?,45-,46-,47-,48-,49-,50-,51-,54-,55-,56-,57-,58-,59-,60-;20-,22+,25-,26-,27-,30-,33+/m10/s1. The van der Waals surface area contributed by atoms with E-state index < -0.39 is 313 Å². The molecule has 0 aliphatic carbocycles. The number of esters is 1. The summed E-state index contributed by atoms with van der Waals surface area (Å²) in [5.41, 5.74) is 5.84. The number of aryl methyl sites for hydroxylation is 1. The zero-order valence-corrected chi connectivity index (χ0v) is 85.3. The van der Waals surface area contributed by atoms with E-state index >= 15 is 0 Å². The molecule has 0 saturated carbocycles. The molecule has 146 heavy (non-hydrogen) atoms. The highest BCUT2D eigenvalue weighted by molar-refractivity contribution is 7.99. The van der Waals surface area contributed by atoms with Crippen LogP contribution in [-0.2, 0) is 119 Å². The lowest BCUT2D eigenvalue weighted by atomic mass is 9.72. The van der Waals surface area contributed by atoms with Gasteiger partial charge in [-0.25, -0.2) is 4.98 Å². The average Bonchev–Trinajstić information content (AvgIpc) is 1.68. The number of epoxide rings is 1. The van der Waals surface area contributed by atoms with Crippen molar-refractivity contribution in [3.63, 3.8) is 0 Å². The highest BCUT2D eigenvalue weighted by Crippen LogP contribution is 2.47. The second-order valence-electron chi connectivity index (χ2n) is 39.5. The number of thiazole rings is 1. The molecule has 23 aliphatic rings. The molecule has 0 radical (unpaired) electrons. The Labute approximate surface area is 855 Å². The molecule has 1 amide bonds. The van der Waals surface area contributed by atoms with Gasteiger partial charge in [0.1, 0.15) is 182 Å². The lowest BCUT2D eigenvalue weighted by molar-refractivity contribution is -0.395. The number of nitrogens with zero attached hydrogens (tertiary/aromatic N) is 1. The summed E-state index contributed by atoms with van der Waals surface area (Å²) in [4.78, 5) is 93.3. The summed E-state index contributed by atoms with van der Waals surface area (Å²) >= 11 is 3.30.